The number of hydrogen-bond acceptors (Lipinski definition) is 8. The molecule has 4 heterocycles. The fraction of sp³-hybridized carbons (Fsp3) is 0.621. The molecular weight excluding hydrogens is 492 g/mol. The molecule has 1 aromatic rings. The Kier molecular flexibility index (Phi) is 7.04. The Labute approximate surface area is 231 Å². The highest BCUT2D eigenvalue weighted by Gasteiger charge is 2.52. The van der Waals surface area contributed by atoms with Crippen LogP contribution in [0.2, 0.25) is 0 Å². The van der Waals surface area contributed by atoms with Gasteiger partial charge in [0, 0.05) is 70.3 Å². The molecule has 39 heavy (non-hydrogen) atoms. The van der Waals surface area contributed by atoms with Gasteiger partial charge in [0.05, 0.1) is 11.6 Å². The molecule has 10 nitrogen and oxygen atoms in total. The van der Waals surface area contributed by atoms with E-state index in [1.807, 2.05) is 43.0 Å². The Morgan fingerprint density at radius 2 is 1.90 bits per heavy atom. The number of allylic oxidation sites excluding steroid dienone is 3. The fourth-order valence-corrected chi connectivity index (χ4v) is 6.70. The second-order valence-corrected chi connectivity index (χ2v) is 11.8. The third kappa shape index (κ3) is 4.42. The van der Waals surface area contributed by atoms with Crippen molar-refractivity contribution in [1.29, 1.82) is 5.26 Å². The highest BCUT2D eigenvalue weighted by molar-refractivity contribution is 5.91. The second-order valence-electron chi connectivity index (χ2n) is 11.8. The van der Waals surface area contributed by atoms with E-state index in [1.54, 1.807) is 18.3 Å². The summed E-state index contributed by atoms with van der Waals surface area (Å²) in [4.78, 5) is 45.4. The van der Waals surface area contributed by atoms with Gasteiger partial charge < -0.3 is 24.5 Å². The lowest BCUT2D eigenvalue weighted by molar-refractivity contribution is -0.142. The topological polar surface area (TPSA) is 99.9 Å². The average Bonchev–Trinajstić information content (AvgIpc) is 3.43. The van der Waals surface area contributed by atoms with Gasteiger partial charge in [-0.15, -0.1) is 0 Å². The number of fused-ring (bicyclic) bond motifs is 2. The van der Waals surface area contributed by atoms with E-state index in [0.29, 0.717) is 31.5 Å². The monoisotopic (exact) mass is 532 g/mol. The molecule has 5 rings (SSSR count). The molecule has 2 saturated heterocycles. The van der Waals surface area contributed by atoms with Gasteiger partial charge in [0.15, 0.2) is 0 Å². The van der Waals surface area contributed by atoms with Crippen molar-refractivity contribution in [1.82, 2.24) is 24.7 Å². The molecule has 3 atom stereocenters. The number of likely N-dealkylation sites (N-methyl/N-ethyl adjacent to an activating group) is 1. The number of nitriles is 1. The second kappa shape index (κ2) is 10.2. The average molecular weight is 533 g/mol. The first-order valence-electron chi connectivity index (χ1n) is 14.0. The van der Waals surface area contributed by atoms with Gasteiger partial charge in [-0.3, -0.25) is 9.59 Å². The third-order valence-electron chi connectivity index (χ3n) is 9.14. The number of likely N-dealkylation sites (tertiary alicyclic amines) is 1. The zero-order valence-electron chi connectivity index (χ0n) is 24.0. The lowest BCUT2D eigenvalue weighted by atomic mass is 9.66. The predicted octanol–water partition coefficient (Wildman–Crippen LogP) is 2.64. The maximum absolute atomic E-state index is 13.5. The number of aromatic nitrogens is 2. The van der Waals surface area contributed by atoms with E-state index < -0.39 is 0 Å². The first-order valence-corrected chi connectivity index (χ1v) is 14.0. The largest absolute Gasteiger partial charge is 0.364 e. The summed E-state index contributed by atoms with van der Waals surface area (Å²) in [5.74, 6) is 2.91. The molecule has 1 aromatic heterocycles. The number of amides is 2. The molecule has 2 amide bonds. The first kappa shape index (κ1) is 27.0. The lowest BCUT2D eigenvalue weighted by Crippen LogP contribution is -2.61. The van der Waals surface area contributed by atoms with Gasteiger partial charge >= 0.3 is 0 Å². The molecule has 3 fully saturated rings. The van der Waals surface area contributed by atoms with Gasteiger partial charge in [0.2, 0.25) is 11.8 Å². The molecule has 10 heteroatoms. The smallest absolute Gasteiger partial charge is 0.245 e. The van der Waals surface area contributed by atoms with Gasteiger partial charge in [0.25, 0.3) is 0 Å². The zero-order valence-corrected chi connectivity index (χ0v) is 24.0. The quantitative estimate of drug-likeness (QED) is 0.422. The van der Waals surface area contributed by atoms with E-state index in [4.69, 9.17) is 9.97 Å². The molecule has 0 radical (unpaired) electrons. The number of hydrogen-bond donors (Lipinski definition) is 0. The Bertz CT molecular complexity index is 1260. The summed E-state index contributed by atoms with van der Waals surface area (Å²) < 4.78 is 0. The van der Waals surface area contributed by atoms with E-state index in [0.717, 1.165) is 36.8 Å². The molecule has 0 N–H and O–H groups in total. The summed E-state index contributed by atoms with van der Waals surface area (Å²) in [6.45, 7) is 8.19. The standard InChI is InChI=1S/C29H40N8O2/c1-7-21(14-30)13-23(33(4)5)37-17-29(11-8-12-29)25-26(31-18-32-27(25)37)35-15-20(3)36(16-19(35)2)28(39)22-9-10-24(38)34(22)6/h7,13,18-20,22H,8-12,15-17H2,1-6H3/b21-7+,23-13+/t19-,20+,22-/m0/s1. The zero-order chi connectivity index (χ0) is 28.1. The molecule has 0 unspecified atom stereocenters. The Morgan fingerprint density at radius 3 is 2.46 bits per heavy atom. The minimum absolute atomic E-state index is 0.0108. The van der Waals surface area contributed by atoms with Crippen molar-refractivity contribution >= 4 is 23.5 Å². The van der Waals surface area contributed by atoms with E-state index >= 15 is 0 Å². The Balaban J connectivity index is 1.48. The molecular formula is C29H40N8O2. The number of carbonyl (C=O) groups is 2. The van der Waals surface area contributed by atoms with Gasteiger partial charge in [-0.25, -0.2) is 9.97 Å². The number of piperazine rings is 1. The van der Waals surface area contributed by atoms with Gasteiger partial charge in [-0.2, -0.15) is 5.26 Å². The minimum Gasteiger partial charge on any atom is -0.364 e. The highest BCUT2D eigenvalue weighted by Crippen LogP contribution is 2.55. The van der Waals surface area contributed by atoms with Crippen LogP contribution in [0.5, 0.6) is 0 Å². The van der Waals surface area contributed by atoms with Crippen LogP contribution in [-0.4, -0.2) is 95.4 Å². The van der Waals surface area contributed by atoms with E-state index in [-0.39, 0.29) is 35.4 Å². The first-order chi connectivity index (χ1) is 18.6. The number of rotatable bonds is 5. The number of carbonyl (C=O) groups excluding carboxylic acids is 2. The predicted molar refractivity (Wildman–Crippen MR) is 150 cm³/mol. The maximum Gasteiger partial charge on any atom is 0.245 e. The molecule has 0 aromatic carbocycles. The van der Waals surface area contributed by atoms with Crippen molar-refractivity contribution in [3.05, 3.63) is 35.4 Å². The van der Waals surface area contributed by atoms with Gasteiger partial charge in [-0.1, -0.05) is 12.5 Å². The Morgan fingerprint density at radius 1 is 1.18 bits per heavy atom. The summed E-state index contributed by atoms with van der Waals surface area (Å²) in [6.07, 6.45) is 9.78. The fourth-order valence-electron chi connectivity index (χ4n) is 6.70. The van der Waals surface area contributed by atoms with Crippen LogP contribution in [0.15, 0.2) is 29.9 Å². The van der Waals surface area contributed by atoms with Crippen molar-refractivity contribution in [2.75, 3.05) is 50.6 Å². The molecule has 1 spiro atoms. The van der Waals surface area contributed by atoms with Crippen LogP contribution in [-0.2, 0) is 15.0 Å². The molecule has 4 aliphatic rings. The van der Waals surface area contributed by atoms with E-state index in [2.05, 4.69) is 29.7 Å². The Hall–Kier alpha value is -3.61. The van der Waals surface area contributed by atoms with E-state index in [9.17, 15) is 14.9 Å². The summed E-state index contributed by atoms with van der Waals surface area (Å²) in [5.41, 5.74) is 1.79. The summed E-state index contributed by atoms with van der Waals surface area (Å²) in [5, 5.41) is 9.60. The molecule has 1 saturated carbocycles. The van der Waals surface area contributed by atoms with Crippen LogP contribution in [0, 0.1) is 11.3 Å². The van der Waals surface area contributed by atoms with Crippen LogP contribution >= 0.6 is 0 Å². The molecule has 1 aliphatic carbocycles. The van der Waals surface area contributed by atoms with Crippen LogP contribution < -0.4 is 9.80 Å². The number of nitrogens with zero attached hydrogens (tertiary/aromatic N) is 8. The van der Waals surface area contributed by atoms with E-state index in [1.165, 1.54) is 12.0 Å². The molecule has 208 valence electrons. The normalized spacial score (nSPS) is 26.6. The molecule has 0 bridgehead atoms. The van der Waals surface area contributed by atoms with Crippen molar-refractivity contribution in [2.45, 2.75) is 76.4 Å². The minimum atomic E-state index is -0.361. The van der Waals surface area contributed by atoms with Crippen LogP contribution in [0.3, 0.4) is 0 Å². The summed E-state index contributed by atoms with van der Waals surface area (Å²) in [6, 6.07) is 1.98. The van der Waals surface area contributed by atoms with Crippen LogP contribution in [0.25, 0.3) is 0 Å². The number of anilines is 2. The van der Waals surface area contributed by atoms with Gasteiger partial charge in [-0.05, 0) is 46.1 Å². The lowest BCUT2D eigenvalue weighted by Gasteiger charge is -2.47. The van der Waals surface area contributed by atoms with Crippen molar-refractivity contribution in [2.24, 2.45) is 0 Å². The van der Waals surface area contributed by atoms with Crippen LogP contribution in [0.1, 0.15) is 58.4 Å². The highest BCUT2D eigenvalue weighted by atomic mass is 16.2. The van der Waals surface area contributed by atoms with Crippen molar-refractivity contribution < 1.29 is 9.59 Å². The van der Waals surface area contributed by atoms with Gasteiger partial charge in [0.1, 0.15) is 29.8 Å². The summed E-state index contributed by atoms with van der Waals surface area (Å²) >= 11 is 0. The van der Waals surface area contributed by atoms with Crippen molar-refractivity contribution in [3.8, 4) is 6.07 Å². The summed E-state index contributed by atoms with van der Waals surface area (Å²) in [7, 11) is 5.74. The van der Waals surface area contributed by atoms with Crippen molar-refractivity contribution in [3.63, 3.8) is 0 Å². The van der Waals surface area contributed by atoms with Crippen LogP contribution in [0.4, 0.5) is 11.6 Å². The third-order valence-corrected chi connectivity index (χ3v) is 9.14. The SMILES string of the molecule is C/C=C(C#N)\C=C(/N(C)C)N1CC2(CCC2)c2c1ncnc2N1C[C@@H](C)N(C(=O)[C@@H]2CCC(=O)N2C)C[C@@H]1C. The maximum atomic E-state index is 13.5. The molecule has 3 aliphatic heterocycles.